The van der Waals surface area contributed by atoms with Crippen molar-refractivity contribution in [1.82, 2.24) is 10.3 Å². The molecule has 1 aliphatic rings. The van der Waals surface area contributed by atoms with Crippen molar-refractivity contribution >= 4 is 44.8 Å². The lowest BCUT2D eigenvalue weighted by Crippen LogP contribution is -2.25. The maximum absolute atomic E-state index is 11.7. The zero-order valence-electron chi connectivity index (χ0n) is 10.9. The molecule has 7 nitrogen and oxygen atoms in total. The van der Waals surface area contributed by atoms with Crippen LogP contribution in [-0.2, 0) is 21.2 Å². The standard InChI is InChI=1S/C11H14N2O5S3/c14-9(5-19-7-1-2-21(17,18)6-7)12-3-10-13-8(4-20-10)11(15)16/h4,7H,1-3,5-6H2,(H,12,14)(H,15,16). The number of nitrogens with zero attached hydrogens (tertiary/aromatic N) is 1. The largest absolute Gasteiger partial charge is 0.476 e. The summed E-state index contributed by atoms with van der Waals surface area (Å²) in [6.07, 6.45) is 0.592. The van der Waals surface area contributed by atoms with Gasteiger partial charge in [0.25, 0.3) is 0 Å². The summed E-state index contributed by atoms with van der Waals surface area (Å²) in [4.78, 5) is 26.2. The van der Waals surface area contributed by atoms with E-state index < -0.39 is 15.8 Å². The van der Waals surface area contributed by atoms with Crippen molar-refractivity contribution in [3.8, 4) is 0 Å². The van der Waals surface area contributed by atoms with E-state index >= 15 is 0 Å². The van der Waals surface area contributed by atoms with E-state index in [9.17, 15) is 18.0 Å². The molecule has 2 rings (SSSR count). The van der Waals surface area contributed by atoms with Crippen LogP contribution in [0.15, 0.2) is 5.38 Å². The number of carbonyl (C=O) groups excluding carboxylic acids is 1. The van der Waals surface area contributed by atoms with Gasteiger partial charge in [-0.3, -0.25) is 4.79 Å². The topological polar surface area (TPSA) is 113 Å². The highest BCUT2D eigenvalue weighted by atomic mass is 32.2. The molecule has 1 amide bonds. The zero-order valence-corrected chi connectivity index (χ0v) is 13.4. The second-order valence-corrected chi connectivity index (χ2v) is 9.00. The van der Waals surface area contributed by atoms with Crippen molar-refractivity contribution in [3.63, 3.8) is 0 Å². The fourth-order valence-electron chi connectivity index (χ4n) is 1.80. The van der Waals surface area contributed by atoms with Crippen molar-refractivity contribution in [2.24, 2.45) is 0 Å². The van der Waals surface area contributed by atoms with Gasteiger partial charge in [-0.2, -0.15) is 0 Å². The van der Waals surface area contributed by atoms with Crippen LogP contribution in [0.2, 0.25) is 0 Å². The SMILES string of the molecule is O=C(CSC1CCS(=O)(=O)C1)NCc1nc(C(=O)O)cs1. The summed E-state index contributed by atoms with van der Waals surface area (Å²) in [5, 5.41) is 13.3. The van der Waals surface area contributed by atoms with Gasteiger partial charge in [-0.25, -0.2) is 18.2 Å². The van der Waals surface area contributed by atoms with Gasteiger partial charge >= 0.3 is 5.97 Å². The van der Waals surface area contributed by atoms with Gasteiger partial charge in [0.2, 0.25) is 5.91 Å². The summed E-state index contributed by atoms with van der Waals surface area (Å²) in [5.74, 6) is -0.779. The van der Waals surface area contributed by atoms with E-state index in [0.29, 0.717) is 11.4 Å². The maximum atomic E-state index is 11.7. The Balaban J connectivity index is 1.71. The zero-order chi connectivity index (χ0) is 15.5. The average molecular weight is 350 g/mol. The molecule has 1 saturated heterocycles. The number of carbonyl (C=O) groups is 2. The minimum Gasteiger partial charge on any atom is -0.476 e. The lowest BCUT2D eigenvalue weighted by Gasteiger charge is -2.07. The van der Waals surface area contributed by atoms with Crippen LogP contribution in [0.1, 0.15) is 21.9 Å². The van der Waals surface area contributed by atoms with E-state index in [1.165, 1.54) is 28.5 Å². The minimum absolute atomic E-state index is 0.0146. The Morgan fingerprint density at radius 2 is 2.29 bits per heavy atom. The molecule has 1 fully saturated rings. The number of aromatic carboxylic acids is 1. The number of amides is 1. The molecule has 0 radical (unpaired) electrons. The number of rotatable bonds is 6. The molecular weight excluding hydrogens is 336 g/mol. The monoisotopic (exact) mass is 350 g/mol. The summed E-state index contributed by atoms with van der Waals surface area (Å²) >= 11 is 2.51. The van der Waals surface area contributed by atoms with Gasteiger partial charge in [-0.1, -0.05) is 0 Å². The fourth-order valence-corrected chi connectivity index (χ4v) is 5.98. The Labute approximate surface area is 130 Å². The third kappa shape index (κ3) is 4.97. The fraction of sp³-hybridized carbons (Fsp3) is 0.545. The molecule has 2 N–H and O–H groups in total. The predicted octanol–water partition coefficient (Wildman–Crippen LogP) is 0.378. The minimum atomic E-state index is -2.92. The molecule has 0 spiro atoms. The predicted molar refractivity (Wildman–Crippen MR) is 80.4 cm³/mol. The Morgan fingerprint density at radius 3 is 2.86 bits per heavy atom. The highest BCUT2D eigenvalue weighted by Gasteiger charge is 2.28. The summed E-state index contributed by atoms with van der Waals surface area (Å²) in [6.45, 7) is 0.181. The van der Waals surface area contributed by atoms with Crippen LogP contribution in [0.25, 0.3) is 0 Å². The second-order valence-electron chi connectivity index (χ2n) is 4.54. The van der Waals surface area contributed by atoms with Crippen LogP contribution < -0.4 is 5.32 Å². The van der Waals surface area contributed by atoms with Gasteiger partial charge < -0.3 is 10.4 Å². The first-order valence-electron chi connectivity index (χ1n) is 6.12. The van der Waals surface area contributed by atoms with Crippen molar-refractivity contribution in [2.45, 2.75) is 18.2 Å². The highest BCUT2D eigenvalue weighted by Crippen LogP contribution is 2.24. The van der Waals surface area contributed by atoms with E-state index in [4.69, 9.17) is 5.11 Å². The number of hydrogen-bond donors (Lipinski definition) is 2. The van der Waals surface area contributed by atoms with Crippen molar-refractivity contribution in [3.05, 3.63) is 16.1 Å². The molecule has 0 aliphatic carbocycles. The third-order valence-electron chi connectivity index (χ3n) is 2.85. The first-order valence-corrected chi connectivity index (χ1v) is 9.87. The smallest absolute Gasteiger partial charge is 0.355 e. The molecular formula is C11H14N2O5S3. The lowest BCUT2D eigenvalue weighted by atomic mass is 10.4. The molecule has 0 saturated carbocycles. The Bertz CT molecular complexity index is 640. The van der Waals surface area contributed by atoms with Gasteiger partial charge in [0.15, 0.2) is 15.5 Å². The summed E-state index contributed by atoms with van der Waals surface area (Å²) in [5.41, 5.74) is -0.0326. The van der Waals surface area contributed by atoms with E-state index in [1.807, 2.05) is 0 Å². The average Bonchev–Trinajstić information content (AvgIpc) is 3.00. The Hall–Kier alpha value is -1.13. The van der Waals surface area contributed by atoms with Gasteiger partial charge in [0.1, 0.15) is 5.01 Å². The molecule has 1 aromatic heterocycles. The number of nitrogens with one attached hydrogen (secondary N) is 1. The van der Waals surface area contributed by atoms with Gasteiger partial charge in [0.05, 0.1) is 23.8 Å². The molecule has 10 heteroatoms. The van der Waals surface area contributed by atoms with Crippen molar-refractivity contribution in [1.29, 1.82) is 0 Å². The quantitative estimate of drug-likeness (QED) is 0.762. The molecule has 1 aliphatic heterocycles. The Morgan fingerprint density at radius 1 is 1.52 bits per heavy atom. The summed E-state index contributed by atoms with van der Waals surface area (Å²) in [6, 6.07) is 0. The lowest BCUT2D eigenvalue weighted by molar-refractivity contribution is -0.118. The van der Waals surface area contributed by atoms with Gasteiger partial charge in [-0.05, 0) is 6.42 Å². The first kappa shape index (κ1) is 16.2. The maximum Gasteiger partial charge on any atom is 0.355 e. The molecule has 2 heterocycles. The van der Waals surface area contributed by atoms with Crippen molar-refractivity contribution < 1.29 is 23.1 Å². The number of hydrogen-bond acceptors (Lipinski definition) is 7. The number of carboxylic acid groups (broad SMARTS) is 1. The van der Waals surface area contributed by atoms with Gasteiger partial charge in [0, 0.05) is 10.6 Å². The van der Waals surface area contributed by atoms with Crippen LogP contribution in [0.4, 0.5) is 0 Å². The van der Waals surface area contributed by atoms with E-state index in [1.54, 1.807) is 0 Å². The molecule has 1 aromatic rings. The molecule has 1 atom stereocenters. The first-order chi connectivity index (χ1) is 9.85. The summed E-state index contributed by atoms with van der Waals surface area (Å²) in [7, 11) is -2.92. The number of sulfone groups is 1. The number of thioether (sulfide) groups is 1. The number of carboxylic acids is 1. The van der Waals surface area contributed by atoms with E-state index in [2.05, 4.69) is 10.3 Å². The molecule has 1 unspecified atom stereocenters. The van der Waals surface area contributed by atoms with Crippen molar-refractivity contribution in [2.75, 3.05) is 17.3 Å². The van der Waals surface area contributed by atoms with Gasteiger partial charge in [-0.15, -0.1) is 23.1 Å². The normalized spacial score (nSPS) is 20.3. The second kappa shape index (κ2) is 6.75. The van der Waals surface area contributed by atoms with Crippen LogP contribution in [0.5, 0.6) is 0 Å². The van der Waals surface area contributed by atoms with Crippen LogP contribution >= 0.6 is 23.1 Å². The summed E-state index contributed by atoms with van der Waals surface area (Å²) < 4.78 is 22.6. The van der Waals surface area contributed by atoms with E-state index in [-0.39, 0.29) is 40.7 Å². The molecule has 116 valence electrons. The van der Waals surface area contributed by atoms with E-state index in [0.717, 1.165) is 0 Å². The van der Waals surface area contributed by atoms with Crippen LogP contribution in [0.3, 0.4) is 0 Å². The molecule has 0 bridgehead atoms. The van der Waals surface area contributed by atoms with Crippen LogP contribution in [0, 0.1) is 0 Å². The molecule has 0 aromatic carbocycles. The Kier molecular flexibility index (Phi) is 5.22. The number of thiazole rings is 1. The third-order valence-corrected chi connectivity index (χ3v) is 6.98. The molecule has 21 heavy (non-hydrogen) atoms. The number of aromatic nitrogens is 1. The van der Waals surface area contributed by atoms with Crippen LogP contribution in [-0.4, -0.2) is 52.9 Å². The highest BCUT2D eigenvalue weighted by molar-refractivity contribution is 8.02.